The summed E-state index contributed by atoms with van der Waals surface area (Å²) in [6.07, 6.45) is 4.80. The molecule has 2 amide bonds. The minimum absolute atomic E-state index is 0.0253. The average Bonchev–Trinajstić information content (AvgIpc) is 3.74. The van der Waals surface area contributed by atoms with Gasteiger partial charge in [-0.25, -0.2) is 4.98 Å². The molecule has 1 aliphatic carbocycles. The van der Waals surface area contributed by atoms with Crippen molar-refractivity contribution in [3.05, 3.63) is 53.4 Å². The van der Waals surface area contributed by atoms with Gasteiger partial charge in [0.15, 0.2) is 5.78 Å². The van der Waals surface area contributed by atoms with E-state index in [1.807, 2.05) is 31.2 Å². The van der Waals surface area contributed by atoms with Crippen LogP contribution in [0.25, 0.3) is 10.8 Å². The fraction of sp³-hybridized carbons (Fsp3) is 0.500. The van der Waals surface area contributed by atoms with Gasteiger partial charge in [-0.3, -0.25) is 24.1 Å². The third kappa shape index (κ3) is 6.19. The molecule has 2 N–H and O–H groups in total. The number of thiophene rings is 1. The number of amides is 2. The number of para-hydroxylation sites is 1. The summed E-state index contributed by atoms with van der Waals surface area (Å²) in [6, 6.07) is 6.43. The number of anilines is 1. The highest BCUT2D eigenvalue weighted by molar-refractivity contribution is 7.20. The highest BCUT2D eigenvalue weighted by Crippen LogP contribution is 2.54. The second-order valence-corrected chi connectivity index (χ2v) is 13.4. The molecule has 2 fully saturated rings. The SMILES string of the molecule is COc1ccccc1[C@H](CN1C(=O)[C@@]2(CCC[C@H](C(=O)N[C@@H](C)C(=O)O)C2)C(=O)c2c1sc(-c1ncco1)c2C)OC1CCOCC1. The van der Waals surface area contributed by atoms with E-state index < -0.39 is 41.3 Å². The zero-order valence-electron chi connectivity index (χ0n) is 26.7. The molecule has 3 aliphatic rings. The number of hydrogen-bond acceptors (Lipinski definition) is 10. The maximum Gasteiger partial charge on any atom is 0.325 e. The molecule has 0 radical (unpaired) electrons. The van der Waals surface area contributed by atoms with Gasteiger partial charge in [0, 0.05) is 24.7 Å². The summed E-state index contributed by atoms with van der Waals surface area (Å²) in [6.45, 7) is 4.45. The first kappa shape index (κ1) is 32.9. The monoisotopic (exact) mass is 665 g/mol. The van der Waals surface area contributed by atoms with E-state index in [9.17, 15) is 24.3 Å². The number of aromatic nitrogens is 1. The first-order chi connectivity index (χ1) is 22.6. The van der Waals surface area contributed by atoms with Crippen LogP contribution in [-0.4, -0.2) is 72.7 Å². The van der Waals surface area contributed by atoms with Crippen molar-refractivity contribution in [3.8, 4) is 16.5 Å². The van der Waals surface area contributed by atoms with Crippen molar-refractivity contribution < 1.29 is 42.9 Å². The molecule has 0 bridgehead atoms. The van der Waals surface area contributed by atoms with Crippen molar-refractivity contribution in [3.63, 3.8) is 0 Å². The molecule has 47 heavy (non-hydrogen) atoms. The number of methoxy groups -OCH3 is 1. The zero-order chi connectivity index (χ0) is 33.3. The Kier molecular flexibility index (Phi) is 9.49. The maximum atomic E-state index is 14.9. The Morgan fingerprint density at radius 1 is 1.21 bits per heavy atom. The summed E-state index contributed by atoms with van der Waals surface area (Å²) in [5.74, 6) is -2.11. The lowest BCUT2D eigenvalue weighted by molar-refractivity contribution is -0.143. The van der Waals surface area contributed by atoms with Gasteiger partial charge < -0.3 is 29.1 Å². The van der Waals surface area contributed by atoms with Crippen LogP contribution in [0.15, 0.2) is 41.1 Å². The van der Waals surface area contributed by atoms with Gasteiger partial charge in [0.25, 0.3) is 0 Å². The normalized spacial score (nSPS) is 23.0. The summed E-state index contributed by atoms with van der Waals surface area (Å²) < 4.78 is 23.7. The molecule has 250 valence electrons. The molecule has 4 heterocycles. The molecular weight excluding hydrogens is 626 g/mol. The number of fused-ring (bicyclic) bond motifs is 1. The molecule has 6 rings (SSSR count). The predicted octanol–water partition coefficient (Wildman–Crippen LogP) is 4.95. The maximum absolute atomic E-state index is 14.9. The van der Waals surface area contributed by atoms with Gasteiger partial charge >= 0.3 is 5.97 Å². The Bertz CT molecular complexity index is 1650. The van der Waals surface area contributed by atoms with Gasteiger partial charge in [-0.2, -0.15) is 0 Å². The molecule has 13 heteroatoms. The minimum Gasteiger partial charge on any atom is -0.496 e. The Morgan fingerprint density at radius 2 is 1.98 bits per heavy atom. The number of carboxylic acids is 1. The summed E-state index contributed by atoms with van der Waals surface area (Å²) in [5, 5.41) is 12.4. The van der Waals surface area contributed by atoms with Crippen molar-refractivity contribution in [2.45, 2.75) is 70.6 Å². The number of rotatable bonds is 10. The first-order valence-electron chi connectivity index (χ1n) is 15.9. The van der Waals surface area contributed by atoms with Crippen LogP contribution in [0.1, 0.15) is 73.0 Å². The van der Waals surface area contributed by atoms with Gasteiger partial charge in [-0.05, 0) is 57.6 Å². The molecule has 12 nitrogen and oxygen atoms in total. The Morgan fingerprint density at radius 3 is 2.68 bits per heavy atom. The van der Waals surface area contributed by atoms with Crippen molar-refractivity contribution >= 4 is 39.9 Å². The van der Waals surface area contributed by atoms with E-state index in [4.69, 9.17) is 18.6 Å². The standard InChI is InChI=1S/C34H39N3O9S/c1-19-26-28(38)34(12-6-7-21(17-34)29(39)36-20(2)32(40)41)33(42)37(31(26)47-27(19)30-35-13-16-45-30)18-25(46-22-10-14-44-15-11-22)23-8-4-5-9-24(23)43-3/h4-5,8-9,13,16,20-22,25H,6-7,10-12,14-15,17-18H2,1-3H3,(H,36,39)(H,40,41)/t20-,21-,25-,34+/m0/s1. The van der Waals surface area contributed by atoms with E-state index in [2.05, 4.69) is 10.3 Å². The lowest BCUT2D eigenvalue weighted by atomic mass is 9.63. The summed E-state index contributed by atoms with van der Waals surface area (Å²) >= 11 is 1.27. The molecule has 3 aromatic rings. The number of nitrogens with one attached hydrogen (secondary N) is 1. The van der Waals surface area contributed by atoms with Crippen LogP contribution < -0.4 is 15.0 Å². The molecule has 1 aromatic carbocycles. The van der Waals surface area contributed by atoms with E-state index in [0.717, 1.165) is 5.56 Å². The number of hydrogen-bond donors (Lipinski definition) is 2. The largest absolute Gasteiger partial charge is 0.496 e. The smallest absolute Gasteiger partial charge is 0.325 e. The van der Waals surface area contributed by atoms with Gasteiger partial charge in [0.05, 0.1) is 36.4 Å². The Balaban J connectivity index is 1.43. The lowest BCUT2D eigenvalue weighted by Crippen LogP contribution is -2.57. The van der Waals surface area contributed by atoms with E-state index in [0.29, 0.717) is 71.5 Å². The van der Waals surface area contributed by atoms with Crippen LogP contribution in [0, 0.1) is 18.3 Å². The first-order valence-corrected chi connectivity index (χ1v) is 16.8. The van der Waals surface area contributed by atoms with Gasteiger partial charge in [0.1, 0.15) is 34.6 Å². The van der Waals surface area contributed by atoms with Gasteiger partial charge in [0.2, 0.25) is 17.7 Å². The fourth-order valence-corrected chi connectivity index (χ4v) is 8.25. The number of aliphatic carboxylic acids is 1. The molecular formula is C34H39N3O9S. The van der Waals surface area contributed by atoms with Gasteiger partial charge in [-0.15, -0.1) is 11.3 Å². The van der Waals surface area contributed by atoms with Crippen molar-refractivity contribution in [1.29, 1.82) is 0 Å². The van der Waals surface area contributed by atoms with Crippen LogP contribution in [-0.2, 0) is 23.9 Å². The highest BCUT2D eigenvalue weighted by Gasteiger charge is 2.57. The predicted molar refractivity (Wildman–Crippen MR) is 172 cm³/mol. The Labute approximate surface area is 276 Å². The van der Waals surface area contributed by atoms with Crippen LogP contribution >= 0.6 is 11.3 Å². The molecule has 4 atom stereocenters. The number of nitrogens with zero attached hydrogens (tertiary/aromatic N) is 2. The molecule has 0 unspecified atom stereocenters. The average molecular weight is 666 g/mol. The second-order valence-electron chi connectivity index (χ2n) is 12.4. The zero-order valence-corrected chi connectivity index (χ0v) is 27.5. The van der Waals surface area contributed by atoms with Crippen molar-refractivity contribution in [2.75, 3.05) is 31.8 Å². The van der Waals surface area contributed by atoms with E-state index in [1.54, 1.807) is 12.0 Å². The number of benzene rings is 1. The summed E-state index contributed by atoms with van der Waals surface area (Å²) in [4.78, 5) is 61.0. The van der Waals surface area contributed by atoms with Crippen LogP contribution in [0.3, 0.4) is 0 Å². The fourth-order valence-electron chi connectivity index (χ4n) is 7.00. The molecule has 1 saturated carbocycles. The van der Waals surface area contributed by atoms with Crippen molar-refractivity contribution in [1.82, 2.24) is 10.3 Å². The quantitative estimate of drug-likeness (QED) is 0.284. The highest BCUT2D eigenvalue weighted by atomic mass is 32.1. The number of ketones is 1. The van der Waals surface area contributed by atoms with Gasteiger partial charge in [-0.1, -0.05) is 24.6 Å². The third-order valence-corrected chi connectivity index (χ3v) is 10.8. The molecule has 2 aromatic heterocycles. The van der Waals surface area contributed by atoms with Crippen molar-refractivity contribution in [2.24, 2.45) is 11.3 Å². The number of Topliss-reactive ketones (excluding diaryl/α,β-unsaturated/α-hetero) is 1. The minimum atomic E-state index is -1.51. The third-order valence-electron chi connectivity index (χ3n) is 9.53. The van der Waals surface area contributed by atoms with E-state index in [1.165, 1.54) is 30.7 Å². The van der Waals surface area contributed by atoms with Crippen LogP contribution in [0.4, 0.5) is 5.00 Å². The molecule has 2 aliphatic heterocycles. The number of ether oxygens (including phenoxy) is 3. The van der Waals surface area contributed by atoms with Crippen LogP contribution in [0.2, 0.25) is 0 Å². The number of carboxylic acid groups (broad SMARTS) is 1. The Hall–Kier alpha value is -4.07. The number of carbonyl (C=O) groups is 4. The number of oxazole rings is 1. The topological polar surface area (TPSA) is 158 Å². The molecule has 1 spiro atoms. The summed E-state index contributed by atoms with van der Waals surface area (Å²) in [5.41, 5.74) is 0.322. The lowest BCUT2D eigenvalue weighted by Gasteiger charge is -2.45. The van der Waals surface area contributed by atoms with E-state index in [-0.39, 0.29) is 31.3 Å². The summed E-state index contributed by atoms with van der Waals surface area (Å²) in [7, 11) is 1.59. The number of carbonyl (C=O) groups excluding carboxylic acids is 3. The van der Waals surface area contributed by atoms with Crippen LogP contribution in [0.5, 0.6) is 5.75 Å². The molecule has 1 saturated heterocycles. The van der Waals surface area contributed by atoms with E-state index >= 15 is 0 Å². The second kappa shape index (κ2) is 13.6.